The van der Waals surface area contributed by atoms with E-state index in [2.05, 4.69) is 25.3 Å². The number of hydrogen-bond acceptors (Lipinski definition) is 6. The van der Waals surface area contributed by atoms with Crippen LogP contribution in [0.5, 0.6) is 0 Å². The molecule has 0 bridgehead atoms. The van der Waals surface area contributed by atoms with Crippen molar-refractivity contribution in [1.29, 1.82) is 0 Å². The van der Waals surface area contributed by atoms with Gasteiger partial charge in [0.25, 0.3) is 0 Å². The van der Waals surface area contributed by atoms with E-state index < -0.39 is 5.97 Å². The normalized spacial score (nSPS) is 10.7. The van der Waals surface area contributed by atoms with Crippen LogP contribution in [0, 0.1) is 0 Å². The minimum absolute atomic E-state index is 0.0522. The monoisotopic (exact) mass is 266 g/mol. The van der Waals surface area contributed by atoms with Crippen molar-refractivity contribution < 1.29 is 14.3 Å². The van der Waals surface area contributed by atoms with Crippen molar-refractivity contribution in [3.05, 3.63) is 18.1 Å². The summed E-state index contributed by atoms with van der Waals surface area (Å²) in [4.78, 5) is 30.7. The standard InChI is InChI=1S/C12H18N4O3/c1-12(2,3)16-10(17)7-14-9-6-13-5-8(15-9)11(18)19-4/h5-6H,7H2,1-4H3,(H,14,15)(H,16,17). The van der Waals surface area contributed by atoms with E-state index in [0.29, 0.717) is 5.82 Å². The minimum Gasteiger partial charge on any atom is -0.464 e. The van der Waals surface area contributed by atoms with Crippen LogP contribution in [-0.2, 0) is 9.53 Å². The average molecular weight is 266 g/mol. The molecule has 104 valence electrons. The second kappa shape index (κ2) is 6.12. The molecule has 1 aromatic rings. The highest BCUT2D eigenvalue weighted by atomic mass is 16.5. The number of nitrogens with one attached hydrogen (secondary N) is 2. The number of nitrogens with zero attached hydrogens (tertiary/aromatic N) is 2. The van der Waals surface area contributed by atoms with E-state index in [-0.39, 0.29) is 23.7 Å². The van der Waals surface area contributed by atoms with Gasteiger partial charge in [-0.3, -0.25) is 9.78 Å². The molecule has 0 aromatic carbocycles. The highest BCUT2D eigenvalue weighted by Gasteiger charge is 2.14. The van der Waals surface area contributed by atoms with Crippen LogP contribution in [0.1, 0.15) is 31.3 Å². The molecule has 0 saturated carbocycles. The summed E-state index contributed by atoms with van der Waals surface area (Å²) in [5.74, 6) is -0.403. The van der Waals surface area contributed by atoms with Gasteiger partial charge in [-0.05, 0) is 20.8 Å². The van der Waals surface area contributed by atoms with Crippen LogP contribution >= 0.6 is 0 Å². The summed E-state index contributed by atoms with van der Waals surface area (Å²) in [6.07, 6.45) is 2.73. The van der Waals surface area contributed by atoms with Crippen LogP contribution in [0.3, 0.4) is 0 Å². The number of carbonyl (C=O) groups excluding carboxylic acids is 2. The Morgan fingerprint density at radius 2 is 2.00 bits per heavy atom. The van der Waals surface area contributed by atoms with E-state index in [0.717, 1.165) is 0 Å². The molecule has 0 saturated heterocycles. The Bertz CT molecular complexity index is 468. The fourth-order valence-electron chi connectivity index (χ4n) is 1.29. The van der Waals surface area contributed by atoms with Crippen LogP contribution in [0.2, 0.25) is 0 Å². The van der Waals surface area contributed by atoms with Crippen molar-refractivity contribution in [2.24, 2.45) is 0 Å². The zero-order valence-corrected chi connectivity index (χ0v) is 11.5. The number of hydrogen-bond donors (Lipinski definition) is 2. The Labute approximate surface area is 111 Å². The minimum atomic E-state index is -0.574. The van der Waals surface area contributed by atoms with Crippen molar-refractivity contribution in [1.82, 2.24) is 15.3 Å². The van der Waals surface area contributed by atoms with E-state index >= 15 is 0 Å². The van der Waals surface area contributed by atoms with Gasteiger partial charge in [-0.15, -0.1) is 0 Å². The largest absolute Gasteiger partial charge is 0.464 e. The maximum absolute atomic E-state index is 11.6. The summed E-state index contributed by atoms with van der Waals surface area (Å²) in [5.41, 5.74) is -0.207. The Morgan fingerprint density at radius 3 is 2.58 bits per heavy atom. The molecule has 7 heteroatoms. The molecule has 0 unspecified atom stereocenters. The molecule has 2 N–H and O–H groups in total. The third-order valence-electron chi connectivity index (χ3n) is 1.97. The van der Waals surface area contributed by atoms with Gasteiger partial charge >= 0.3 is 5.97 Å². The van der Waals surface area contributed by atoms with Gasteiger partial charge in [0.15, 0.2) is 5.69 Å². The summed E-state index contributed by atoms with van der Waals surface area (Å²) in [6, 6.07) is 0. The summed E-state index contributed by atoms with van der Waals surface area (Å²) in [7, 11) is 1.26. The highest BCUT2D eigenvalue weighted by Crippen LogP contribution is 2.03. The van der Waals surface area contributed by atoms with Crippen LogP contribution in [0.25, 0.3) is 0 Å². The first kappa shape index (κ1) is 14.9. The van der Waals surface area contributed by atoms with E-state index in [9.17, 15) is 9.59 Å². The SMILES string of the molecule is COC(=O)c1cncc(NCC(=O)NC(C)(C)C)n1. The molecule has 1 aromatic heterocycles. The zero-order valence-electron chi connectivity index (χ0n) is 11.5. The van der Waals surface area contributed by atoms with Crippen LogP contribution in [0.15, 0.2) is 12.4 Å². The van der Waals surface area contributed by atoms with Crippen molar-refractivity contribution in [2.45, 2.75) is 26.3 Å². The van der Waals surface area contributed by atoms with Gasteiger partial charge in [0.2, 0.25) is 5.91 Å². The van der Waals surface area contributed by atoms with E-state index in [4.69, 9.17) is 0 Å². The van der Waals surface area contributed by atoms with E-state index in [1.54, 1.807) is 0 Å². The average Bonchev–Trinajstić information content (AvgIpc) is 2.34. The first-order valence-electron chi connectivity index (χ1n) is 5.77. The zero-order chi connectivity index (χ0) is 14.5. The molecule has 0 aliphatic heterocycles. The molecular formula is C12H18N4O3. The molecule has 0 spiro atoms. The first-order valence-corrected chi connectivity index (χ1v) is 5.77. The second-order valence-electron chi connectivity index (χ2n) is 4.93. The lowest BCUT2D eigenvalue weighted by Crippen LogP contribution is -2.43. The summed E-state index contributed by atoms with van der Waals surface area (Å²) in [5, 5.41) is 5.59. The molecule has 1 rings (SSSR count). The quantitative estimate of drug-likeness (QED) is 0.775. The van der Waals surface area contributed by atoms with Crippen molar-refractivity contribution in [3.63, 3.8) is 0 Å². The number of ether oxygens (including phenoxy) is 1. The predicted octanol–water partition coefficient (Wildman–Crippen LogP) is 0.590. The molecule has 1 amide bonds. The molecular weight excluding hydrogens is 248 g/mol. The second-order valence-corrected chi connectivity index (χ2v) is 4.93. The number of rotatable bonds is 4. The molecule has 1 heterocycles. The Kier molecular flexibility index (Phi) is 4.80. The molecule has 0 fully saturated rings. The Morgan fingerprint density at radius 1 is 1.32 bits per heavy atom. The molecule has 0 aliphatic carbocycles. The molecule has 7 nitrogen and oxygen atoms in total. The highest BCUT2D eigenvalue weighted by molar-refractivity contribution is 5.87. The fraction of sp³-hybridized carbons (Fsp3) is 0.500. The maximum atomic E-state index is 11.6. The van der Waals surface area contributed by atoms with Crippen molar-refractivity contribution in [3.8, 4) is 0 Å². The van der Waals surface area contributed by atoms with Crippen LogP contribution < -0.4 is 10.6 Å². The van der Waals surface area contributed by atoms with Crippen molar-refractivity contribution >= 4 is 17.7 Å². The first-order chi connectivity index (χ1) is 8.81. The summed E-state index contributed by atoms with van der Waals surface area (Å²) >= 11 is 0. The number of aromatic nitrogens is 2. The number of anilines is 1. The van der Waals surface area contributed by atoms with E-state index in [1.807, 2.05) is 20.8 Å². The lowest BCUT2D eigenvalue weighted by atomic mass is 10.1. The Hall–Kier alpha value is -2.18. The fourth-order valence-corrected chi connectivity index (χ4v) is 1.29. The van der Waals surface area contributed by atoms with Gasteiger partial charge < -0.3 is 15.4 Å². The third kappa shape index (κ3) is 5.33. The van der Waals surface area contributed by atoms with Gasteiger partial charge in [0, 0.05) is 5.54 Å². The predicted molar refractivity (Wildman–Crippen MR) is 69.8 cm³/mol. The van der Waals surface area contributed by atoms with Gasteiger partial charge in [-0.25, -0.2) is 9.78 Å². The molecule has 0 atom stereocenters. The van der Waals surface area contributed by atoms with Crippen molar-refractivity contribution in [2.75, 3.05) is 19.0 Å². The van der Waals surface area contributed by atoms with Crippen LogP contribution in [-0.4, -0.2) is 41.0 Å². The van der Waals surface area contributed by atoms with Gasteiger partial charge in [-0.1, -0.05) is 0 Å². The topological polar surface area (TPSA) is 93.2 Å². The number of methoxy groups -OCH3 is 1. The van der Waals surface area contributed by atoms with E-state index in [1.165, 1.54) is 19.5 Å². The van der Waals surface area contributed by atoms with Gasteiger partial charge in [0.1, 0.15) is 5.82 Å². The maximum Gasteiger partial charge on any atom is 0.358 e. The summed E-state index contributed by atoms with van der Waals surface area (Å²) in [6.45, 7) is 5.73. The van der Waals surface area contributed by atoms with Crippen LogP contribution in [0.4, 0.5) is 5.82 Å². The lowest BCUT2D eigenvalue weighted by Gasteiger charge is -2.20. The van der Waals surface area contributed by atoms with Gasteiger partial charge in [0.05, 0.1) is 26.0 Å². The third-order valence-corrected chi connectivity index (χ3v) is 1.97. The number of amides is 1. The Balaban J connectivity index is 2.59. The number of esters is 1. The lowest BCUT2D eigenvalue weighted by molar-refractivity contribution is -0.120. The molecule has 19 heavy (non-hydrogen) atoms. The molecule has 0 radical (unpaired) electrons. The molecule has 0 aliphatic rings. The smallest absolute Gasteiger partial charge is 0.358 e. The summed E-state index contributed by atoms with van der Waals surface area (Å²) < 4.78 is 4.53. The number of carbonyl (C=O) groups is 2. The van der Waals surface area contributed by atoms with Gasteiger partial charge in [-0.2, -0.15) is 0 Å².